The van der Waals surface area contributed by atoms with E-state index in [-0.39, 0.29) is 18.9 Å². The predicted octanol–water partition coefficient (Wildman–Crippen LogP) is 1.88. The van der Waals surface area contributed by atoms with Crippen molar-refractivity contribution in [3.63, 3.8) is 0 Å². The first kappa shape index (κ1) is 12.7. The highest BCUT2D eigenvalue weighted by Gasteiger charge is 2.22. The van der Waals surface area contributed by atoms with Gasteiger partial charge in [-0.1, -0.05) is 11.6 Å². The van der Waals surface area contributed by atoms with Gasteiger partial charge in [0.05, 0.1) is 11.4 Å². The number of aliphatic carboxylic acids is 1. The van der Waals surface area contributed by atoms with Gasteiger partial charge in [0.2, 0.25) is 5.91 Å². The fourth-order valence-electron chi connectivity index (χ4n) is 2.02. The Hall–Kier alpha value is -1.75. The highest BCUT2D eigenvalue weighted by atomic mass is 35.5. The van der Waals surface area contributed by atoms with Crippen LogP contribution in [-0.2, 0) is 9.59 Å². The van der Waals surface area contributed by atoms with Crippen molar-refractivity contribution in [3.8, 4) is 0 Å². The number of fused-ring (bicyclic) bond motifs is 1. The number of hydrogen-bond donors (Lipinski definition) is 2. The van der Waals surface area contributed by atoms with Crippen LogP contribution in [0.4, 0.5) is 11.4 Å². The molecule has 1 heterocycles. The Morgan fingerprint density at radius 3 is 2.94 bits per heavy atom. The molecule has 0 spiro atoms. The number of carboxylic acid groups (broad SMARTS) is 1. The molecule has 0 radical (unpaired) electrons. The van der Waals surface area contributed by atoms with E-state index < -0.39 is 5.97 Å². The van der Waals surface area contributed by atoms with Crippen molar-refractivity contribution >= 4 is 34.9 Å². The summed E-state index contributed by atoms with van der Waals surface area (Å²) in [7, 11) is 0. The summed E-state index contributed by atoms with van der Waals surface area (Å²) in [6.45, 7) is 2.04. The summed E-state index contributed by atoms with van der Waals surface area (Å²) < 4.78 is 0. The molecular weight excluding hydrogens is 256 g/mol. The van der Waals surface area contributed by atoms with Crippen LogP contribution in [0.15, 0.2) is 12.1 Å². The second-order valence-corrected chi connectivity index (χ2v) is 4.67. The fraction of sp³-hybridized carbons (Fsp3) is 0.333. The standard InChI is InChI=1S/C12H13ClN2O3/c1-7-4-8(13)5-9-12(7)14-10(16)2-3-15(9)6-11(17)18/h4-5H,2-3,6H2,1H3,(H,14,16)(H,17,18). The molecule has 1 aliphatic heterocycles. The van der Waals surface area contributed by atoms with Gasteiger partial charge >= 0.3 is 5.97 Å². The van der Waals surface area contributed by atoms with E-state index in [2.05, 4.69) is 5.32 Å². The van der Waals surface area contributed by atoms with Gasteiger partial charge in [0, 0.05) is 18.0 Å². The number of halogens is 1. The van der Waals surface area contributed by atoms with Crippen LogP contribution in [0.3, 0.4) is 0 Å². The molecule has 0 unspecified atom stereocenters. The van der Waals surface area contributed by atoms with Crippen LogP contribution in [0, 0.1) is 6.92 Å². The minimum Gasteiger partial charge on any atom is -0.480 e. The number of carbonyl (C=O) groups excluding carboxylic acids is 1. The predicted molar refractivity (Wildman–Crippen MR) is 69.3 cm³/mol. The van der Waals surface area contributed by atoms with Crippen LogP contribution in [0.1, 0.15) is 12.0 Å². The maximum atomic E-state index is 11.6. The van der Waals surface area contributed by atoms with E-state index in [9.17, 15) is 9.59 Å². The van der Waals surface area contributed by atoms with Crippen molar-refractivity contribution in [2.24, 2.45) is 0 Å². The van der Waals surface area contributed by atoms with E-state index in [1.165, 1.54) is 0 Å². The molecule has 6 heteroatoms. The molecule has 1 aromatic carbocycles. The molecule has 0 saturated heterocycles. The van der Waals surface area contributed by atoms with Crippen LogP contribution in [0.2, 0.25) is 5.02 Å². The summed E-state index contributed by atoms with van der Waals surface area (Å²) in [5.74, 6) is -1.05. The maximum Gasteiger partial charge on any atom is 0.323 e. The molecule has 96 valence electrons. The molecule has 18 heavy (non-hydrogen) atoms. The van der Waals surface area contributed by atoms with Crippen molar-refractivity contribution in [2.45, 2.75) is 13.3 Å². The van der Waals surface area contributed by atoms with Gasteiger partial charge in [0.25, 0.3) is 0 Å². The Morgan fingerprint density at radius 1 is 1.56 bits per heavy atom. The van der Waals surface area contributed by atoms with Crippen LogP contribution < -0.4 is 10.2 Å². The average Bonchev–Trinajstić information content (AvgIpc) is 2.40. The molecule has 1 amide bonds. The Morgan fingerprint density at radius 2 is 2.28 bits per heavy atom. The lowest BCUT2D eigenvalue weighted by atomic mass is 10.1. The third kappa shape index (κ3) is 2.56. The number of carbonyl (C=O) groups is 2. The number of carboxylic acids is 1. The van der Waals surface area contributed by atoms with Crippen LogP contribution in [0.5, 0.6) is 0 Å². The van der Waals surface area contributed by atoms with Crippen molar-refractivity contribution in [2.75, 3.05) is 23.3 Å². The quantitative estimate of drug-likeness (QED) is 0.859. The van der Waals surface area contributed by atoms with Crippen molar-refractivity contribution in [1.82, 2.24) is 0 Å². The number of benzene rings is 1. The number of amides is 1. The molecule has 0 fully saturated rings. The summed E-state index contributed by atoms with van der Waals surface area (Å²) in [4.78, 5) is 24.1. The molecule has 1 aromatic rings. The molecule has 2 N–H and O–H groups in total. The van der Waals surface area contributed by atoms with Gasteiger partial charge in [0.1, 0.15) is 6.54 Å². The molecule has 1 aliphatic rings. The lowest BCUT2D eigenvalue weighted by molar-refractivity contribution is -0.135. The zero-order valence-corrected chi connectivity index (χ0v) is 10.6. The monoisotopic (exact) mass is 268 g/mol. The Labute approximate surface area is 109 Å². The minimum absolute atomic E-state index is 0.116. The first-order chi connectivity index (χ1) is 8.47. The van der Waals surface area contributed by atoms with Gasteiger partial charge in [-0.05, 0) is 24.6 Å². The van der Waals surface area contributed by atoms with Gasteiger partial charge in [-0.2, -0.15) is 0 Å². The zero-order valence-electron chi connectivity index (χ0n) is 9.86. The molecule has 0 atom stereocenters. The molecule has 0 saturated carbocycles. The second-order valence-electron chi connectivity index (χ2n) is 4.23. The Kier molecular flexibility index (Phi) is 3.43. The number of anilines is 2. The summed E-state index contributed by atoms with van der Waals surface area (Å²) in [6, 6.07) is 3.42. The van der Waals surface area contributed by atoms with E-state index in [4.69, 9.17) is 16.7 Å². The average molecular weight is 269 g/mol. The maximum absolute atomic E-state index is 11.6. The zero-order chi connectivity index (χ0) is 13.3. The lowest BCUT2D eigenvalue weighted by Gasteiger charge is -2.23. The minimum atomic E-state index is -0.937. The SMILES string of the molecule is Cc1cc(Cl)cc2c1NC(=O)CCN2CC(=O)O. The normalized spacial score (nSPS) is 14.8. The number of nitrogens with one attached hydrogen (secondary N) is 1. The van der Waals surface area contributed by atoms with E-state index in [0.29, 0.717) is 22.9 Å². The van der Waals surface area contributed by atoms with Gasteiger partial charge in [-0.3, -0.25) is 9.59 Å². The molecule has 2 rings (SSSR count). The van der Waals surface area contributed by atoms with Gasteiger partial charge in [-0.15, -0.1) is 0 Å². The number of nitrogens with zero attached hydrogens (tertiary/aromatic N) is 1. The van der Waals surface area contributed by atoms with Crippen LogP contribution in [-0.4, -0.2) is 30.1 Å². The first-order valence-corrected chi connectivity index (χ1v) is 5.92. The van der Waals surface area contributed by atoms with Crippen LogP contribution in [0.25, 0.3) is 0 Å². The number of aryl methyl sites for hydroxylation is 1. The second kappa shape index (κ2) is 4.86. The van der Waals surface area contributed by atoms with E-state index in [1.807, 2.05) is 6.92 Å². The largest absolute Gasteiger partial charge is 0.480 e. The van der Waals surface area contributed by atoms with Gasteiger partial charge in [0.15, 0.2) is 0 Å². The molecule has 5 nitrogen and oxygen atoms in total. The van der Waals surface area contributed by atoms with Gasteiger partial charge in [-0.25, -0.2) is 0 Å². The highest BCUT2D eigenvalue weighted by Crippen LogP contribution is 2.34. The Bertz CT molecular complexity index is 516. The third-order valence-corrected chi connectivity index (χ3v) is 3.04. The van der Waals surface area contributed by atoms with Crippen molar-refractivity contribution in [1.29, 1.82) is 0 Å². The van der Waals surface area contributed by atoms with Crippen molar-refractivity contribution in [3.05, 3.63) is 22.7 Å². The topological polar surface area (TPSA) is 69.6 Å². The first-order valence-electron chi connectivity index (χ1n) is 5.54. The van der Waals surface area contributed by atoms with E-state index in [0.717, 1.165) is 5.56 Å². The lowest BCUT2D eigenvalue weighted by Crippen LogP contribution is -2.30. The molecule has 0 aromatic heterocycles. The van der Waals surface area contributed by atoms with Crippen LogP contribution >= 0.6 is 11.6 Å². The fourth-order valence-corrected chi connectivity index (χ4v) is 2.29. The number of hydrogen-bond acceptors (Lipinski definition) is 3. The summed E-state index contributed by atoms with van der Waals surface area (Å²) in [6.07, 6.45) is 0.263. The molecule has 0 aliphatic carbocycles. The summed E-state index contributed by atoms with van der Waals surface area (Å²) in [5, 5.41) is 12.2. The van der Waals surface area contributed by atoms with Gasteiger partial charge < -0.3 is 15.3 Å². The molecular formula is C12H13ClN2O3. The van der Waals surface area contributed by atoms with E-state index in [1.54, 1.807) is 17.0 Å². The summed E-state index contributed by atoms with van der Waals surface area (Å²) >= 11 is 5.99. The highest BCUT2D eigenvalue weighted by molar-refractivity contribution is 6.31. The van der Waals surface area contributed by atoms with E-state index >= 15 is 0 Å². The number of rotatable bonds is 2. The molecule has 0 bridgehead atoms. The summed E-state index contributed by atoms with van der Waals surface area (Å²) in [5.41, 5.74) is 2.12. The third-order valence-electron chi connectivity index (χ3n) is 2.82. The Balaban J connectivity index is 2.49. The smallest absolute Gasteiger partial charge is 0.323 e. The van der Waals surface area contributed by atoms with Crippen molar-refractivity contribution < 1.29 is 14.7 Å².